The Bertz CT molecular complexity index is 908. The fourth-order valence-electron chi connectivity index (χ4n) is 2.86. The zero-order chi connectivity index (χ0) is 17.6. The van der Waals surface area contributed by atoms with Crippen molar-refractivity contribution in [2.45, 2.75) is 12.2 Å². The van der Waals surface area contributed by atoms with E-state index >= 15 is 0 Å². The minimum atomic E-state index is -4.54. The molecule has 0 N–H and O–H groups in total. The summed E-state index contributed by atoms with van der Waals surface area (Å²) in [5.74, 6) is -0.756. The SMILES string of the molecule is O=C1C2=CN=NC2c2ncc(-c3ccncc3)cc2N1CC(F)(F)F. The Labute approximate surface area is 139 Å². The maximum atomic E-state index is 13.0. The summed E-state index contributed by atoms with van der Waals surface area (Å²) in [6, 6.07) is 4.19. The fourth-order valence-corrected chi connectivity index (χ4v) is 2.86. The van der Waals surface area contributed by atoms with Gasteiger partial charge in [-0.25, -0.2) is 0 Å². The molecule has 9 heteroatoms. The van der Waals surface area contributed by atoms with Crippen LogP contribution in [-0.4, -0.2) is 28.6 Å². The number of azo groups is 1. The molecule has 2 aromatic rings. The molecule has 1 unspecified atom stereocenters. The molecule has 126 valence electrons. The highest BCUT2D eigenvalue weighted by atomic mass is 19.4. The molecule has 0 spiro atoms. The van der Waals surface area contributed by atoms with E-state index in [2.05, 4.69) is 20.2 Å². The Kier molecular flexibility index (Phi) is 3.38. The van der Waals surface area contributed by atoms with Crippen molar-refractivity contribution < 1.29 is 18.0 Å². The molecule has 6 nitrogen and oxygen atoms in total. The van der Waals surface area contributed by atoms with E-state index in [-0.39, 0.29) is 17.0 Å². The number of rotatable bonds is 2. The predicted octanol–water partition coefficient (Wildman–Crippen LogP) is 3.44. The van der Waals surface area contributed by atoms with Gasteiger partial charge in [0, 0.05) is 24.2 Å². The van der Waals surface area contributed by atoms with Crippen LogP contribution in [0.4, 0.5) is 18.9 Å². The van der Waals surface area contributed by atoms with Crippen molar-refractivity contribution in [3.8, 4) is 11.1 Å². The number of alkyl halides is 3. The van der Waals surface area contributed by atoms with E-state index in [1.165, 1.54) is 12.3 Å². The molecule has 0 aliphatic carbocycles. The third-order valence-corrected chi connectivity index (χ3v) is 3.96. The summed E-state index contributed by atoms with van der Waals surface area (Å²) in [6.07, 6.45) is 1.33. The van der Waals surface area contributed by atoms with E-state index in [1.54, 1.807) is 30.7 Å². The molecule has 0 bridgehead atoms. The predicted molar refractivity (Wildman–Crippen MR) is 81.6 cm³/mol. The summed E-state index contributed by atoms with van der Waals surface area (Å²) < 4.78 is 39.0. The second kappa shape index (κ2) is 5.47. The molecule has 1 amide bonds. The number of carbonyl (C=O) groups is 1. The number of halogens is 3. The Morgan fingerprint density at radius 2 is 1.92 bits per heavy atom. The van der Waals surface area contributed by atoms with Crippen LogP contribution >= 0.6 is 0 Å². The first-order valence-electron chi connectivity index (χ1n) is 7.33. The van der Waals surface area contributed by atoms with Gasteiger partial charge in [-0.15, -0.1) is 0 Å². The standard InChI is InChI=1S/C16H10F3N5O/c17-16(18,19)8-24-12-5-10(9-1-3-20-4-2-9)6-21-14(12)13-11(15(24)25)7-22-23-13/h1-7,13H,8H2. The van der Waals surface area contributed by atoms with Crippen molar-refractivity contribution in [3.63, 3.8) is 0 Å². The van der Waals surface area contributed by atoms with Gasteiger partial charge in [0.05, 0.1) is 23.2 Å². The van der Waals surface area contributed by atoms with Crippen molar-refractivity contribution in [2.75, 3.05) is 11.4 Å². The Hall–Kier alpha value is -3.10. The van der Waals surface area contributed by atoms with Crippen molar-refractivity contribution >= 4 is 11.6 Å². The second-order valence-electron chi connectivity index (χ2n) is 5.59. The molecule has 0 radical (unpaired) electrons. The molecule has 2 aliphatic rings. The molecule has 4 heterocycles. The summed E-state index contributed by atoms with van der Waals surface area (Å²) in [5, 5.41) is 7.59. The van der Waals surface area contributed by atoms with Crippen LogP contribution in [-0.2, 0) is 4.79 Å². The van der Waals surface area contributed by atoms with Crippen LogP contribution in [0.1, 0.15) is 11.7 Å². The van der Waals surface area contributed by atoms with Gasteiger partial charge < -0.3 is 0 Å². The van der Waals surface area contributed by atoms with Gasteiger partial charge >= 0.3 is 6.18 Å². The number of anilines is 1. The van der Waals surface area contributed by atoms with Gasteiger partial charge in [-0.2, -0.15) is 23.4 Å². The summed E-state index contributed by atoms with van der Waals surface area (Å²) in [4.78, 5) is 21.4. The molecule has 2 aromatic heterocycles. The highest BCUT2D eigenvalue weighted by Gasteiger charge is 2.43. The van der Waals surface area contributed by atoms with Gasteiger partial charge in [-0.1, -0.05) is 0 Å². The molecule has 0 saturated heterocycles. The topological polar surface area (TPSA) is 70.8 Å². The Morgan fingerprint density at radius 1 is 1.16 bits per heavy atom. The molecular formula is C16H10F3N5O. The van der Waals surface area contributed by atoms with Gasteiger partial charge in [-0.3, -0.25) is 19.7 Å². The van der Waals surface area contributed by atoms with Crippen molar-refractivity contribution in [1.82, 2.24) is 9.97 Å². The summed E-state index contributed by atoms with van der Waals surface area (Å²) in [7, 11) is 0. The zero-order valence-corrected chi connectivity index (χ0v) is 12.6. The first-order chi connectivity index (χ1) is 11.9. The lowest BCUT2D eigenvalue weighted by Gasteiger charge is -2.32. The number of hydrogen-bond donors (Lipinski definition) is 0. The highest BCUT2D eigenvalue weighted by Crippen LogP contribution is 2.43. The van der Waals surface area contributed by atoms with Crippen molar-refractivity contribution in [1.29, 1.82) is 0 Å². The molecule has 2 aliphatic heterocycles. The molecule has 0 aromatic carbocycles. The first-order valence-corrected chi connectivity index (χ1v) is 7.33. The number of aromatic nitrogens is 2. The molecule has 4 rings (SSSR count). The van der Waals surface area contributed by atoms with Crippen LogP contribution in [0.15, 0.2) is 58.8 Å². The van der Waals surface area contributed by atoms with E-state index in [4.69, 9.17) is 0 Å². The van der Waals surface area contributed by atoms with E-state index in [1.807, 2.05) is 0 Å². The maximum absolute atomic E-state index is 13.0. The van der Waals surface area contributed by atoms with Crippen LogP contribution < -0.4 is 4.90 Å². The third-order valence-electron chi connectivity index (χ3n) is 3.96. The quantitative estimate of drug-likeness (QED) is 0.837. The lowest BCUT2D eigenvalue weighted by atomic mass is 9.95. The van der Waals surface area contributed by atoms with Gasteiger partial charge in [0.25, 0.3) is 5.91 Å². The lowest BCUT2D eigenvalue weighted by molar-refractivity contribution is -0.130. The van der Waals surface area contributed by atoms with Crippen LogP contribution in [0.2, 0.25) is 0 Å². The van der Waals surface area contributed by atoms with Gasteiger partial charge in [0.2, 0.25) is 0 Å². The van der Waals surface area contributed by atoms with E-state index in [0.717, 1.165) is 5.56 Å². The van der Waals surface area contributed by atoms with Gasteiger partial charge in [-0.05, 0) is 23.8 Å². The lowest BCUT2D eigenvalue weighted by Crippen LogP contribution is -2.43. The largest absolute Gasteiger partial charge is 0.406 e. The van der Waals surface area contributed by atoms with E-state index in [0.29, 0.717) is 10.5 Å². The summed E-state index contributed by atoms with van der Waals surface area (Å²) >= 11 is 0. The number of carbonyl (C=O) groups excluding carboxylic acids is 1. The van der Waals surface area contributed by atoms with E-state index < -0.39 is 24.7 Å². The Balaban J connectivity index is 1.86. The molecule has 25 heavy (non-hydrogen) atoms. The van der Waals surface area contributed by atoms with Crippen LogP contribution in [0.5, 0.6) is 0 Å². The first kappa shape index (κ1) is 15.4. The van der Waals surface area contributed by atoms with Crippen LogP contribution in [0.3, 0.4) is 0 Å². The van der Waals surface area contributed by atoms with Gasteiger partial charge in [0.1, 0.15) is 12.6 Å². The average Bonchev–Trinajstić information content (AvgIpc) is 3.08. The van der Waals surface area contributed by atoms with Crippen LogP contribution in [0.25, 0.3) is 11.1 Å². The Morgan fingerprint density at radius 3 is 2.64 bits per heavy atom. The molecule has 0 fully saturated rings. The normalized spacial score (nSPS) is 18.8. The van der Waals surface area contributed by atoms with Crippen molar-refractivity contribution in [2.24, 2.45) is 10.2 Å². The minimum Gasteiger partial charge on any atom is -0.297 e. The van der Waals surface area contributed by atoms with E-state index in [9.17, 15) is 18.0 Å². The molecule has 0 saturated carbocycles. The average molecular weight is 345 g/mol. The van der Waals surface area contributed by atoms with Crippen LogP contribution in [0, 0.1) is 0 Å². The monoisotopic (exact) mass is 345 g/mol. The second-order valence-corrected chi connectivity index (χ2v) is 5.59. The maximum Gasteiger partial charge on any atom is 0.406 e. The van der Waals surface area contributed by atoms with Crippen molar-refractivity contribution in [3.05, 3.63) is 54.3 Å². The third kappa shape index (κ3) is 2.67. The number of hydrogen-bond acceptors (Lipinski definition) is 5. The zero-order valence-electron chi connectivity index (χ0n) is 12.6. The number of fused-ring (bicyclic) bond motifs is 3. The van der Waals surface area contributed by atoms with Gasteiger partial charge in [0.15, 0.2) is 0 Å². The number of nitrogens with zero attached hydrogens (tertiary/aromatic N) is 5. The molecule has 1 atom stereocenters. The fraction of sp³-hybridized carbons (Fsp3) is 0.188. The summed E-state index contributed by atoms with van der Waals surface area (Å²) in [5.41, 5.74) is 1.80. The summed E-state index contributed by atoms with van der Waals surface area (Å²) in [6.45, 7) is -1.40. The minimum absolute atomic E-state index is 0.0969. The highest BCUT2D eigenvalue weighted by molar-refractivity contribution is 6.09. The number of pyridine rings is 2. The smallest absolute Gasteiger partial charge is 0.297 e. The molecular weight excluding hydrogens is 335 g/mol. The number of amides is 1.